The smallest absolute Gasteiger partial charge is 0.204 e. The molecular formula is C8H8N2O. The second-order valence-electron chi connectivity index (χ2n) is 2.02. The molecule has 0 saturated carbocycles. The van der Waals surface area contributed by atoms with Crippen LogP contribution in [0, 0.1) is 11.8 Å². The average Bonchev–Trinajstić information content (AvgIpc) is 2.03. The molecule has 0 amide bonds. The van der Waals surface area contributed by atoms with Crippen molar-refractivity contribution in [3.63, 3.8) is 0 Å². The molecule has 0 spiro atoms. The van der Waals surface area contributed by atoms with E-state index in [-0.39, 0.29) is 0 Å². The topological polar surface area (TPSA) is 46.0 Å². The van der Waals surface area contributed by atoms with Crippen molar-refractivity contribution in [2.45, 2.75) is 13.0 Å². The van der Waals surface area contributed by atoms with Crippen LogP contribution in [0.25, 0.3) is 0 Å². The first kappa shape index (κ1) is 7.70. The van der Waals surface area contributed by atoms with Crippen LogP contribution in [-0.2, 0) is 0 Å². The third-order valence-corrected chi connectivity index (χ3v) is 0.959. The number of hydrogen-bond donors (Lipinski definition) is 1. The van der Waals surface area contributed by atoms with Crippen LogP contribution in [0.15, 0.2) is 18.5 Å². The van der Waals surface area contributed by atoms with Crippen molar-refractivity contribution in [1.29, 1.82) is 0 Å². The summed E-state index contributed by atoms with van der Waals surface area (Å²) in [4.78, 5) is 7.71. The van der Waals surface area contributed by atoms with Crippen molar-refractivity contribution in [2.75, 3.05) is 0 Å². The molecule has 3 heteroatoms. The lowest BCUT2D eigenvalue weighted by Crippen LogP contribution is -1.94. The molecule has 1 N–H and O–H groups in total. The van der Waals surface area contributed by atoms with Crippen molar-refractivity contribution in [3.8, 4) is 11.8 Å². The van der Waals surface area contributed by atoms with Gasteiger partial charge in [0.1, 0.15) is 6.10 Å². The first-order valence-corrected chi connectivity index (χ1v) is 3.25. The fourth-order valence-electron chi connectivity index (χ4n) is 0.533. The van der Waals surface area contributed by atoms with Gasteiger partial charge in [0.25, 0.3) is 0 Å². The van der Waals surface area contributed by atoms with Crippen LogP contribution in [0.4, 0.5) is 0 Å². The Hall–Kier alpha value is -1.40. The fraction of sp³-hybridized carbons (Fsp3) is 0.250. The zero-order valence-electron chi connectivity index (χ0n) is 6.15. The number of aromatic nitrogens is 2. The summed E-state index contributed by atoms with van der Waals surface area (Å²) in [5.41, 5.74) is 0. The van der Waals surface area contributed by atoms with Crippen molar-refractivity contribution < 1.29 is 5.11 Å². The van der Waals surface area contributed by atoms with E-state index >= 15 is 0 Å². The lowest BCUT2D eigenvalue weighted by atomic mass is 10.4. The maximum atomic E-state index is 8.78. The molecule has 56 valence electrons. The highest BCUT2D eigenvalue weighted by Crippen LogP contribution is 1.83. The maximum absolute atomic E-state index is 8.78. The summed E-state index contributed by atoms with van der Waals surface area (Å²) in [6, 6.07) is 1.72. The first-order valence-electron chi connectivity index (χ1n) is 3.25. The van der Waals surface area contributed by atoms with E-state index in [1.807, 2.05) is 0 Å². The molecule has 0 saturated heterocycles. The van der Waals surface area contributed by atoms with Crippen molar-refractivity contribution in [2.24, 2.45) is 0 Å². The van der Waals surface area contributed by atoms with Crippen molar-refractivity contribution >= 4 is 0 Å². The lowest BCUT2D eigenvalue weighted by molar-refractivity contribution is 0.253. The number of rotatable bonds is 0. The monoisotopic (exact) mass is 148 g/mol. The highest BCUT2D eigenvalue weighted by Gasteiger charge is 1.86. The average molecular weight is 148 g/mol. The summed E-state index contributed by atoms with van der Waals surface area (Å²) in [6.45, 7) is 1.59. The van der Waals surface area contributed by atoms with Crippen LogP contribution >= 0.6 is 0 Å². The molecule has 0 fully saturated rings. The van der Waals surface area contributed by atoms with Gasteiger partial charge in [-0.05, 0) is 18.9 Å². The van der Waals surface area contributed by atoms with Gasteiger partial charge in [-0.1, -0.05) is 5.92 Å². The second-order valence-corrected chi connectivity index (χ2v) is 2.02. The second kappa shape index (κ2) is 3.69. The SMILES string of the molecule is C[C@@H](O)C#Cc1ncccn1. The fourth-order valence-corrected chi connectivity index (χ4v) is 0.533. The molecule has 0 bridgehead atoms. The van der Waals surface area contributed by atoms with E-state index in [0.717, 1.165) is 0 Å². The van der Waals surface area contributed by atoms with Gasteiger partial charge in [-0.15, -0.1) is 0 Å². The number of nitrogens with zero attached hydrogens (tertiary/aromatic N) is 2. The standard InChI is InChI=1S/C8H8N2O/c1-7(11)3-4-8-9-5-2-6-10-8/h2,5-7,11H,1H3/t7-/m1/s1. The quantitative estimate of drug-likeness (QED) is 0.535. The van der Waals surface area contributed by atoms with Gasteiger partial charge in [0, 0.05) is 12.4 Å². The normalized spacial score (nSPS) is 11.5. The molecule has 0 aliphatic carbocycles. The van der Waals surface area contributed by atoms with Crippen molar-refractivity contribution in [1.82, 2.24) is 9.97 Å². The van der Waals surface area contributed by atoms with Gasteiger partial charge in [0.05, 0.1) is 0 Å². The molecule has 0 aromatic carbocycles. The minimum absolute atomic E-state index is 0.438. The summed E-state index contributed by atoms with van der Waals surface area (Å²) in [6.07, 6.45) is 2.59. The Morgan fingerprint density at radius 1 is 1.45 bits per heavy atom. The zero-order chi connectivity index (χ0) is 8.10. The van der Waals surface area contributed by atoms with Gasteiger partial charge in [-0.25, -0.2) is 9.97 Å². The van der Waals surface area contributed by atoms with Gasteiger partial charge in [0.2, 0.25) is 5.82 Å². The molecule has 0 radical (unpaired) electrons. The van der Waals surface area contributed by atoms with Crippen LogP contribution in [0.3, 0.4) is 0 Å². The van der Waals surface area contributed by atoms with E-state index in [4.69, 9.17) is 5.11 Å². The Morgan fingerprint density at radius 3 is 2.64 bits per heavy atom. The van der Waals surface area contributed by atoms with Gasteiger partial charge < -0.3 is 5.11 Å². The zero-order valence-corrected chi connectivity index (χ0v) is 6.15. The Labute approximate surface area is 65.1 Å². The number of aliphatic hydroxyl groups is 1. The predicted molar refractivity (Wildman–Crippen MR) is 40.6 cm³/mol. The van der Waals surface area contributed by atoms with Crippen LogP contribution in [0.1, 0.15) is 12.7 Å². The minimum atomic E-state index is -0.626. The highest BCUT2D eigenvalue weighted by molar-refractivity contribution is 5.20. The molecule has 1 rings (SSSR count). The summed E-state index contributed by atoms with van der Waals surface area (Å²) >= 11 is 0. The molecule has 1 heterocycles. The van der Waals surface area contributed by atoms with Crippen LogP contribution in [0.5, 0.6) is 0 Å². The summed E-state index contributed by atoms with van der Waals surface area (Å²) in [5.74, 6) is 5.60. The summed E-state index contributed by atoms with van der Waals surface area (Å²) in [7, 11) is 0. The van der Waals surface area contributed by atoms with Crippen LogP contribution in [-0.4, -0.2) is 21.2 Å². The molecule has 1 aromatic heterocycles. The number of hydrogen-bond acceptors (Lipinski definition) is 3. The largest absolute Gasteiger partial charge is 0.381 e. The van der Waals surface area contributed by atoms with E-state index in [2.05, 4.69) is 21.8 Å². The molecule has 0 aliphatic heterocycles. The van der Waals surface area contributed by atoms with E-state index < -0.39 is 6.10 Å². The summed E-state index contributed by atoms with van der Waals surface area (Å²) in [5, 5.41) is 8.78. The minimum Gasteiger partial charge on any atom is -0.381 e. The van der Waals surface area contributed by atoms with Gasteiger partial charge in [-0.2, -0.15) is 0 Å². The van der Waals surface area contributed by atoms with Crippen LogP contribution in [0.2, 0.25) is 0 Å². The van der Waals surface area contributed by atoms with E-state index in [9.17, 15) is 0 Å². The predicted octanol–water partition coefficient (Wildman–Crippen LogP) is 0.209. The molecule has 3 nitrogen and oxygen atoms in total. The molecule has 0 unspecified atom stereocenters. The maximum Gasteiger partial charge on any atom is 0.204 e. The lowest BCUT2D eigenvalue weighted by Gasteiger charge is -1.87. The molecule has 11 heavy (non-hydrogen) atoms. The van der Waals surface area contributed by atoms with Crippen molar-refractivity contribution in [3.05, 3.63) is 24.3 Å². The molecule has 0 aliphatic rings. The summed E-state index contributed by atoms with van der Waals surface area (Å²) < 4.78 is 0. The first-order chi connectivity index (χ1) is 5.29. The molecule has 1 aromatic rings. The van der Waals surface area contributed by atoms with Crippen LogP contribution < -0.4 is 0 Å². The Bertz CT molecular complexity index is 271. The third-order valence-electron chi connectivity index (χ3n) is 0.959. The Balaban J connectivity index is 2.75. The Kier molecular flexibility index (Phi) is 2.59. The van der Waals surface area contributed by atoms with E-state index in [1.54, 1.807) is 25.4 Å². The van der Waals surface area contributed by atoms with Gasteiger partial charge >= 0.3 is 0 Å². The molecular weight excluding hydrogens is 140 g/mol. The Morgan fingerprint density at radius 2 is 2.09 bits per heavy atom. The number of aliphatic hydroxyl groups excluding tert-OH is 1. The molecule has 1 atom stereocenters. The highest BCUT2D eigenvalue weighted by atomic mass is 16.3. The van der Waals surface area contributed by atoms with Gasteiger partial charge in [-0.3, -0.25) is 0 Å². The van der Waals surface area contributed by atoms with E-state index in [1.165, 1.54) is 0 Å². The van der Waals surface area contributed by atoms with E-state index in [0.29, 0.717) is 5.82 Å². The van der Waals surface area contributed by atoms with Gasteiger partial charge in [0.15, 0.2) is 0 Å². The third kappa shape index (κ3) is 2.78.